The molecule has 2 rings (SSSR count). The quantitative estimate of drug-likeness (QED) is 0.769. The number of aryl methyl sites for hydroxylation is 1. The second kappa shape index (κ2) is 5.40. The summed E-state index contributed by atoms with van der Waals surface area (Å²) < 4.78 is 4.86. The zero-order valence-electron chi connectivity index (χ0n) is 10.8. The first-order valence-corrected chi connectivity index (χ1v) is 6.19. The van der Waals surface area contributed by atoms with Crippen LogP contribution in [0.3, 0.4) is 0 Å². The van der Waals surface area contributed by atoms with Crippen molar-refractivity contribution >= 4 is 11.9 Å². The highest BCUT2D eigenvalue weighted by molar-refractivity contribution is 6.03. The maximum absolute atomic E-state index is 11.9. The zero-order chi connectivity index (χ0) is 13.9. The average molecular weight is 263 g/mol. The average Bonchev–Trinajstić information content (AvgIpc) is 2.29. The smallest absolute Gasteiger partial charge is 0.324 e. The lowest BCUT2D eigenvalue weighted by atomic mass is 9.85. The first-order valence-electron chi connectivity index (χ1n) is 6.19. The number of carbonyl (C=O) groups excluding carboxylic acids is 1. The van der Waals surface area contributed by atoms with Crippen LogP contribution in [0.4, 0.5) is 0 Å². The van der Waals surface area contributed by atoms with E-state index in [1.165, 1.54) is 5.56 Å². The van der Waals surface area contributed by atoms with E-state index >= 15 is 0 Å². The summed E-state index contributed by atoms with van der Waals surface area (Å²) in [4.78, 5) is 22.9. The van der Waals surface area contributed by atoms with Crippen LogP contribution in [-0.2, 0) is 20.7 Å². The predicted molar refractivity (Wildman–Crippen MR) is 68.8 cm³/mol. The second-order valence-electron chi connectivity index (χ2n) is 4.87. The fraction of sp³-hybridized carbons (Fsp3) is 0.429. The summed E-state index contributed by atoms with van der Waals surface area (Å²) in [7, 11) is 0. The summed E-state index contributed by atoms with van der Waals surface area (Å²) in [5, 5.41) is 11.7. The molecular formula is C14H17NO4. The van der Waals surface area contributed by atoms with E-state index in [1.807, 2.05) is 31.2 Å². The molecule has 1 aliphatic rings. The van der Waals surface area contributed by atoms with Gasteiger partial charge in [0.25, 0.3) is 0 Å². The monoisotopic (exact) mass is 263 g/mol. The number of ether oxygens (including phenoxy) is 1. The normalized spacial score (nSPS) is 16.5. The molecule has 102 valence electrons. The third-order valence-electron chi connectivity index (χ3n) is 3.36. The first kappa shape index (κ1) is 13.5. The number of aliphatic carboxylic acids is 1. The van der Waals surface area contributed by atoms with Gasteiger partial charge in [-0.2, -0.15) is 0 Å². The highest BCUT2D eigenvalue weighted by Crippen LogP contribution is 2.27. The number of nitrogens with one attached hydrogen (secondary N) is 1. The van der Waals surface area contributed by atoms with Crippen LogP contribution in [0.2, 0.25) is 0 Å². The standard InChI is InChI=1S/C14H17NO4/c1-10-2-4-11(5-3-10)6-7-15-12(16)14(13(17)18)8-19-9-14/h2-5H,6-9H2,1H3,(H,15,16)(H,17,18). The first-order chi connectivity index (χ1) is 9.04. The van der Waals surface area contributed by atoms with E-state index in [-0.39, 0.29) is 13.2 Å². The maximum atomic E-state index is 11.9. The summed E-state index contributed by atoms with van der Waals surface area (Å²) in [6, 6.07) is 8.02. The topological polar surface area (TPSA) is 75.6 Å². The Balaban J connectivity index is 1.84. The molecule has 5 heteroatoms. The van der Waals surface area contributed by atoms with Gasteiger partial charge in [0.1, 0.15) is 0 Å². The number of hydrogen-bond donors (Lipinski definition) is 2. The van der Waals surface area contributed by atoms with Gasteiger partial charge in [-0.25, -0.2) is 0 Å². The molecule has 0 bridgehead atoms. The van der Waals surface area contributed by atoms with Crippen LogP contribution in [0.15, 0.2) is 24.3 Å². The van der Waals surface area contributed by atoms with Gasteiger partial charge in [-0.3, -0.25) is 9.59 Å². The molecule has 0 atom stereocenters. The van der Waals surface area contributed by atoms with E-state index in [1.54, 1.807) is 0 Å². The van der Waals surface area contributed by atoms with Gasteiger partial charge in [-0.15, -0.1) is 0 Å². The Kier molecular flexibility index (Phi) is 3.85. The summed E-state index contributed by atoms with van der Waals surface area (Å²) >= 11 is 0. The van der Waals surface area contributed by atoms with Gasteiger partial charge >= 0.3 is 5.97 Å². The van der Waals surface area contributed by atoms with Gasteiger partial charge < -0.3 is 15.2 Å². The molecule has 0 aliphatic carbocycles. The molecule has 0 unspecified atom stereocenters. The van der Waals surface area contributed by atoms with Gasteiger partial charge in [0.2, 0.25) is 5.91 Å². The molecule has 1 saturated heterocycles. The van der Waals surface area contributed by atoms with Crippen molar-refractivity contribution in [3.05, 3.63) is 35.4 Å². The van der Waals surface area contributed by atoms with Crippen molar-refractivity contribution in [2.24, 2.45) is 5.41 Å². The molecule has 1 fully saturated rings. The van der Waals surface area contributed by atoms with Crippen molar-refractivity contribution < 1.29 is 19.4 Å². The van der Waals surface area contributed by atoms with Gasteiger partial charge in [-0.05, 0) is 18.9 Å². The van der Waals surface area contributed by atoms with E-state index in [2.05, 4.69) is 5.32 Å². The Morgan fingerprint density at radius 1 is 1.32 bits per heavy atom. The van der Waals surface area contributed by atoms with Crippen LogP contribution in [0, 0.1) is 12.3 Å². The molecule has 1 amide bonds. The van der Waals surface area contributed by atoms with Crippen LogP contribution < -0.4 is 5.32 Å². The molecule has 5 nitrogen and oxygen atoms in total. The van der Waals surface area contributed by atoms with Crippen LogP contribution in [-0.4, -0.2) is 36.7 Å². The number of carbonyl (C=O) groups is 2. The summed E-state index contributed by atoms with van der Waals surface area (Å²) in [6.07, 6.45) is 0.683. The lowest BCUT2D eigenvalue weighted by Gasteiger charge is -2.35. The van der Waals surface area contributed by atoms with Crippen LogP contribution in [0.25, 0.3) is 0 Å². The zero-order valence-corrected chi connectivity index (χ0v) is 10.8. The van der Waals surface area contributed by atoms with Crippen molar-refractivity contribution in [2.75, 3.05) is 19.8 Å². The molecule has 2 N–H and O–H groups in total. The minimum atomic E-state index is -1.38. The molecule has 1 aromatic rings. The molecular weight excluding hydrogens is 246 g/mol. The highest BCUT2D eigenvalue weighted by atomic mass is 16.5. The van der Waals surface area contributed by atoms with Crippen molar-refractivity contribution in [3.63, 3.8) is 0 Å². The fourth-order valence-electron chi connectivity index (χ4n) is 1.90. The lowest BCUT2D eigenvalue weighted by molar-refractivity contribution is -0.185. The molecule has 1 aromatic carbocycles. The van der Waals surface area contributed by atoms with Gasteiger partial charge in [0, 0.05) is 6.54 Å². The summed E-state index contributed by atoms with van der Waals surface area (Å²) in [6.45, 7) is 2.35. The lowest BCUT2D eigenvalue weighted by Crippen LogP contribution is -2.59. The third-order valence-corrected chi connectivity index (χ3v) is 3.36. The number of amides is 1. The van der Waals surface area contributed by atoms with E-state index in [9.17, 15) is 9.59 Å². The van der Waals surface area contributed by atoms with Gasteiger partial charge in [0.05, 0.1) is 13.2 Å². The summed E-state index contributed by atoms with van der Waals surface area (Å²) in [5.74, 6) is -1.58. The van der Waals surface area contributed by atoms with Crippen LogP contribution in [0.1, 0.15) is 11.1 Å². The molecule has 0 saturated carbocycles. The Hall–Kier alpha value is -1.88. The van der Waals surface area contributed by atoms with Gasteiger partial charge in [-0.1, -0.05) is 29.8 Å². The van der Waals surface area contributed by atoms with Crippen molar-refractivity contribution in [3.8, 4) is 0 Å². The minimum Gasteiger partial charge on any atom is -0.480 e. The van der Waals surface area contributed by atoms with Crippen LogP contribution in [0.5, 0.6) is 0 Å². The van der Waals surface area contributed by atoms with E-state index in [4.69, 9.17) is 9.84 Å². The molecule has 1 aliphatic heterocycles. The molecule has 0 aromatic heterocycles. The minimum absolute atomic E-state index is 0.0430. The summed E-state index contributed by atoms with van der Waals surface area (Å²) in [5.41, 5.74) is 0.914. The van der Waals surface area contributed by atoms with Crippen molar-refractivity contribution in [1.29, 1.82) is 0 Å². The third kappa shape index (κ3) is 2.76. The molecule has 0 spiro atoms. The predicted octanol–water partition coefficient (Wildman–Crippen LogP) is 0.755. The Morgan fingerprint density at radius 3 is 2.42 bits per heavy atom. The number of hydrogen-bond acceptors (Lipinski definition) is 3. The molecule has 19 heavy (non-hydrogen) atoms. The van der Waals surface area contributed by atoms with E-state index in [0.717, 1.165) is 5.56 Å². The second-order valence-corrected chi connectivity index (χ2v) is 4.87. The Bertz CT molecular complexity index is 477. The Morgan fingerprint density at radius 2 is 1.95 bits per heavy atom. The largest absolute Gasteiger partial charge is 0.480 e. The number of rotatable bonds is 5. The number of carboxylic acids is 1. The van der Waals surface area contributed by atoms with Gasteiger partial charge in [0.15, 0.2) is 5.41 Å². The van der Waals surface area contributed by atoms with Crippen LogP contribution >= 0.6 is 0 Å². The number of benzene rings is 1. The van der Waals surface area contributed by atoms with E-state index < -0.39 is 17.3 Å². The highest BCUT2D eigenvalue weighted by Gasteiger charge is 2.53. The molecule has 1 heterocycles. The number of carboxylic acid groups (broad SMARTS) is 1. The SMILES string of the molecule is Cc1ccc(CCNC(=O)C2(C(=O)O)COC2)cc1. The molecule has 0 radical (unpaired) electrons. The Labute approximate surface area is 111 Å². The van der Waals surface area contributed by atoms with E-state index in [0.29, 0.717) is 13.0 Å². The van der Waals surface area contributed by atoms with Crippen molar-refractivity contribution in [2.45, 2.75) is 13.3 Å². The fourth-order valence-corrected chi connectivity index (χ4v) is 1.90. The maximum Gasteiger partial charge on any atom is 0.324 e. The van der Waals surface area contributed by atoms with Crippen molar-refractivity contribution in [1.82, 2.24) is 5.32 Å².